The maximum absolute atomic E-state index is 14.1. The van der Waals surface area contributed by atoms with Crippen LogP contribution in [-0.4, -0.2) is 28.8 Å². The Morgan fingerprint density at radius 2 is 1.57 bits per heavy atom. The number of imide groups is 1. The number of benzene rings is 2. The van der Waals surface area contributed by atoms with Crippen molar-refractivity contribution in [2.24, 2.45) is 5.41 Å². The van der Waals surface area contributed by atoms with Crippen molar-refractivity contribution in [1.29, 1.82) is 0 Å². The van der Waals surface area contributed by atoms with E-state index in [1.807, 2.05) is 0 Å². The van der Waals surface area contributed by atoms with E-state index in [1.54, 1.807) is 32.9 Å². The van der Waals surface area contributed by atoms with Crippen molar-refractivity contribution >= 4 is 29.4 Å². The lowest BCUT2D eigenvalue weighted by Crippen LogP contribution is -2.33. The minimum atomic E-state index is -1.24. The summed E-state index contributed by atoms with van der Waals surface area (Å²) in [5.41, 5.74) is -0.868. The summed E-state index contributed by atoms with van der Waals surface area (Å²) in [6.45, 7) is 5.09. The van der Waals surface area contributed by atoms with Gasteiger partial charge in [-0.2, -0.15) is 0 Å². The smallest absolute Gasteiger partial charge is 0.326 e. The Balaban J connectivity index is 1.82. The van der Waals surface area contributed by atoms with E-state index in [1.165, 1.54) is 18.2 Å². The lowest BCUT2D eigenvalue weighted by atomic mass is 9.95. The molecule has 1 N–H and O–H groups in total. The van der Waals surface area contributed by atoms with Gasteiger partial charge in [0.15, 0.2) is 0 Å². The molecule has 2 aromatic carbocycles. The zero-order valence-electron chi connectivity index (χ0n) is 15.4. The standard InChI is InChI=1S/C20H17FN2O5/c1-20(2,3)19(27)22-11-8-9-15(21)14(10-11)18(26)28-23-16(24)12-6-4-5-7-13(12)17(23)25/h4-10H,1-3H3,(H,22,27). The molecule has 0 unspecified atom stereocenters. The molecule has 0 aliphatic carbocycles. The molecule has 0 spiro atoms. The van der Waals surface area contributed by atoms with Gasteiger partial charge in [0.1, 0.15) is 5.82 Å². The minimum absolute atomic E-state index is 0.0898. The lowest BCUT2D eigenvalue weighted by molar-refractivity contribution is -0.123. The molecule has 0 radical (unpaired) electrons. The molecular formula is C20H17FN2O5. The Morgan fingerprint density at radius 3 is 2.11 bits per heavy atom. The average molecular weight is 384 g/mol. The number of carbonyl (C=O) groups is 4. The van der Waals surface area contributed by atoms with Gasteiger partial charge in [-0.1, -0.05) is 38.0 Å². The predicted molar refractivity (Wildman–Crippen MR) is 96.8 cm³/mol. The molecule has 1 heterocycles. The zero-order chi connectivity index (χ0) is 20.6. The van der Waals surface area contributed by atoms with E-state index < -0.39 is 34.6 Å². The van der Waals surface area contributed by atoms with Crippen LogP contribution in [0.5, 0.6) is 0 Å². The summed E-state index contributed by atoms with van der Waals surface area (Å²) in [6.07, 6.45) is 0. The fourth-order valence-corrected chi connectivity index (χ4v) is 2.46. The van der Waals surface area contributed by atoms with Crippen molar-refractivity contribution in [3.05, 3.63) is 65.0 Å². The van der Waals surface area contributed by atoms with E-state index in [0.29, 0.717) is 5.06 Å². The van der Waals surface area contributed by atoms with Crippen molar-refractivity contribution < 1.29 is 28.4 Å². The number of rotatable bonds is 3. The van der Waals surface area contributed by atoms with Gasteiger partial charge < -0.3 is 10.2 Å². The van der Waals surface area contributed by atoms with Crippen LogP contribution >= 0.6 is 0 Å². The molecule has 0 fully saturated rings. The highest BCUT2D eigenvalue weighted by Gasteiger charge is 2.39. The number of fused-ring (bicyclic) bond motifs is 1. The number of nitrogens with zero attached hydrogens (tertiary/aromatic N) is 1. The van der Waals surface area contributed by atoms with Crippen LogP contribution in [0.25, 0.3) is 0 Å². The quantitative estimate of drug-likeness (QED) is 0.821. The van der Waals surface area contributed by atoms with Gasteiger partial charge in [0, 0.05) is 11.1 Å². The Morgan fingerprint density at radius 1 is 1.00 bits per heavy atom. The Hall–Kier alpha value is -3.55. The third-order valence-electron chi connectivity index (χ3n) is 4.06. The predicted octanol–water partition coefficient (Wildman–Crippen LogP) is 3.18. The maximum Gasteiger partial charge on any atom is 0.366 e. The number of anilines is 1. The van der Waals surface area contributed by atoms with Gasteiger partial charge in [0.2, 0.25) is 5.91 Å². The van der Waals surface area contributed by atoms with Gasteiger partial charge >= 0.3 is 5.97 Å². The van der Waals surface area contributed by atoms with Gasteiger partial charge in [-0.15, -0.1) is 0 Å². The summed E-state index contributed by atoms with van der Waals surface area (Å²) in [7, 11) is 0. The zero-order valence-corrected chi connectivity index (χ0v) is 15.4. The molecule has 3 amide bonds. The van der Waals surface area contributed by atoms with Crippen molar-refractivity contribution in [3.8, 4) is 0 Å². The van der Waals surface area contributed by atoms with Crippen molar-refractivity contribution in [1.82, 2.24) is 5.06 Å². The Bertz CT molecular complexity index is 975. The van der Waals surface area contributed by atoms with Gasteiger partial charge in [-0.3, -0.25) is 14.4 Å². The molecule has 0 aromatic heterocycles. The van der Waals surface area contributed by atoms with Crippen LogP contribution in [0.1, 0.15) is 51.8 Å². The first-order chi connectivity index (χ1) is 13.1. The number of amides is 3. The largest absolute Gasteiger partial charge is 0.366 e. The van der Waals surface area contributed by atoms with E-state index in [-0.39, 0.29) is 22.7 Å². The fraction of sp³-hybridized carbons (Fsp3) is 0.200. The van der Waals surface area contributed by atoms with E-state index in [0.717, 1.165) is 12.1 Å². The van der Waals surface area contributed by atoms with Gasteiger partial charge in [0.05, 0.1) is 16.7 Å². The highest BCUT2D eigenvalue weighted by molar-refractivity contribution is 6.21. The summed E-state index contributed by atoms with van der Waals surface area (Å²) in [5.74, 6) is -4.12. The first-order valence-electron chi connectivity index (χ1n) is 8.40. The molecule has 2 aromatic rings. The molecule has 3 rings (SSSR count). The number of hydrogen-bond acceptors (Lipinski definition) is 5. The monoisotopic (exact) mass is 384 g/mol. The van der Waals surface area contributed by atoms with E-state index >= 15 is 0 Å². The first kappa shape index (κ1) is 19.2. The van der Waals surface area contributed by atoms with E-state index in [9.17, 15) is 23.6 Å². The molecular weight excluding hydrogens is 367 g/mol. The molecule has 28 heavy (non-hydrogen) atoms. The maximum atomic E-state index is 14.1. The average Bonchev–Trinajstić information content (AvgIpc) is 2.87. The van der Waals surface area contributed by atoms with Gasteiger partial charge in [-0.25, -0.2) is 9.18 Å². The van der Waals surface area contributed by atoms with Crippen LogP contribution in [0.4, 0.5) is 10.1 Å². The number of halogens is 1. The molecule has 1 aliphatic rings. The van der Waals surface area contributed by atoms with Crippen LogP contribution in [0.3, 0.4) is 0 Å². The molecule has 7 nitrogen and oxygen atoms in total. The molecule has 8 heteroatoms. The first-order valence-corrected chi connectivity index (χ1v) is 8.40. The Labute approximate surface area is 160 Å². The Kier molecular flexibility index (Phi) is 4.72. The number of hydrogen-bond donors (Lipinski definition) is 1. The van der Waals surface area contributed by atoms with Crippen LogP contribution in [0.2, 0.25) is 0 Å². The molecule has 0 bridgehead atoms. The summed E-state index contributed by atoms with van der Waals surface area (Å²) in [4.78, 5) is 53.8. The number of nitrogens with one attached hydrogen (secondary N) is 1. The van der Waals surface area contributed by atoms with Crippen molar-refractivity contribution in [2.45, 2.75) is 20.8 Å². The molecule has 0 saturated carbocycles. The third-order valence-corrected chi connectivity index (χ3v) is 4.06. The SMILES string of the molecule is CC(C)(C)C(=O)Nc1ccc(F)c(C(=O)ON2C(=O)c3ccccc3C2=O)c1. The van der Waals surface area contributed by atoms with Crippen molar-refractivity contribution in [2.75, 3.05) is 5.32 Å². The second-order valence-corrected chi connectivity index (χ2v) is 7.23. The molecule has 0 saturated heterocycles. The summed E-state index contributed by atoms with van der Waals surface area (Å²) in [6, 6.07) is 9.33. The van der Waals surface area contributed by atoms with E-state index in [2.05, 4.69) is 5.32 Å². The minimum Gasteiger partial charge on any atom is -0.326 e. The second kappa shape index (κ2) is 6.88. The van der Waals surface area contributed by atoms with Crippen LogP contribution in [0, 0.1) is 11.2 Å². The molecule has 1 aliphatic heterocycles. The molecule has 0 atom stereocenters. The fourth-order valence-electron chi connectivity index (χ4n) is 2.46. The molecule has 144 valence electrons. The number of hydroxylamine groups is 2. The van der Waals surface area contributed by atoms with Crippen LogP contribution in [-0.2, 0) is 9.63 Å². The second-order valence-electron chi connectivity index (χ2n) is 7.23. The van der Waals surface area contributed by atoms with Crippen molar-refractivity contribution in [3.63, 3.8) is 0 Å². The van der Waals surface area contributed by atoms with E-state index in [4.69, 9.17) is 4.84 Å². The highest BCUT2D eigenvalue weighted by atomic mass is 19.1. The summed E-state index contributed by atoms with van der Waals surface area (Å²) in [5, 5.41) is 2.87. The van der Waals surface area contributed by atoms with Crippen LogP contribution < -0.4 is 5.32 Å². The summed E-state index contributed by atoms with van der Waals surface area (Å²) >= 11 is 0. The van der Waals surface area contributed by atoms with Gasteiger partial charge in [-0.05, 0) is 30.3 Å². The van der Waals surface area contributed by atoms with Gasteiger partial charge in [0.25, 0.3) is 11.8 Å². The van der Waals surface area contributed by atoms with Crippen LogP contribution in [0.15, 0.2) is 42.5 Å². The highest BCUT2D eigenvalue weighted by Crippen LogP contribution is 2.25. The summed E-state index contributed by atoms with van der Waals surface area (Å²) < 4.78 is 14.1. The third kappa shape index (κ3) is 3.48. The lowest BCUT2D eigenvalue weighted by Gasteiger charge is -2.18. The normalized spacial score (nSPS) is 13.4. The number of carbonyl (C=O) groups excluding carboxylic acids is 4. The topological polar surface area (TPSA) is 92.8 Å².